The molecule has 0 spiro atoms. The van der Waals surface area contributed by atoms with Gasteiger partial charge in [0.1, 0.15) is 0 Å². The van der Waals surface area contributed by atoms with Gasteiger partial charge in [-0.3, -0.25) is 9.59 Å². The van der Waals surface area contributed by atoms with Gasteiger partial charge in [0, 0.05) is 0 Å². The second kappa shape index (κ2) is 7.93. The van der Waals surface area contributed by atoms with Crippen molar-refractivity contribution in [3.63, 3.8) is 0 Å². The summed E-state index contributed by atoms with van der Waals surface area (Å²) in [6, 6.07) is 13.4. The molecule has 1 unspecified atom stereocenters. The molecule has 0 radical (unpaired) electrons. The predicted molar refractivity (Wildman–Crippen MR) is 96.3 cm³/mol. The molecule has 0 aromatic heterocycles. The molecule has 0 aliphatic rings. The zero-order chi connectivity index (χ0) is 17.7. The molecule has 5 heteroatoms. The number of fused-ring (bicyclic) bond motifs is 1. The highest BCUT2D eigenvalue weighted by Crippen LogP contribution is 2.20. The molecule has 0 heterocycles. The van der Waals surface area contributed by atoms with E-state index in [-0.39, 0.29) is 30.3 Å². The minimum atomic E-state index is -0.601. The Morgan fingerprint density at radius 1 is 1.04 bits per heavy atom. The second-order valence-electron chi connectivity index (χ2n) is 6.38. The lowest BCUT2D eigenvalue weighted by molar-refractivity contribution is -0.127. The van der Waals surface area contributed by atoms with Crippen molar-refractivity contribution in [2.24, 2.45) is 11.7 Å². The summed E-state index contributed by atoms with van der Waals surface area (Å²) in [5.74, 6) is -0.511. The third-order valence-electron chi connectivity index (χ3n) is 4.10. The molecule has 0 aliphatic carbocycles. The Balaban J connectivity index is 1.92. The first-order valence-electron chi connectivity index (χ1n) is 8.20. The van der Waals surface area contributed by atoms with Gasteiger partial charge in [-0.2, -0.15) is 0 Å². The number of carbonyl (C=O) groups excluding carboxylic acids is 2. The zero-order valence-corrected chi connectivity index (χ0v) is 14.4. The molecular weight excluding hydrogens is 302 g/mol. The van der Waals surface area contributed by atoms with Crippen LogP contribution >= 0.6 is 0 Å². The first-order chi connectivity index (χ1) is 11.4. The summed E-state index contributed by atoms with van der Waals surface area (Å²) in [5, 5.41) is 7.76. The number of nitrogens with two attached hydrogens (primary N) is 1. The molecule has 0 fully saturated rings. The van der Waals surface area contributed by atoms with Gasteiger partial charge in [-0.15, -0.1) is 0 Å². The van der Waals surface area contributed by atoms with Crippen LogP contribution in [0.15, 0.2) is 42.5 Å². The molecule has 24 heavy (non-hydrogen) atoms. The van der Waals surface area contributed by atoms with Gasteiger partial charge in [-0.05, 0) is 35.2 Å². The van der Waals surface area contributed by atoms with E-state index in [1.807, 2.05) is 51.1 Å². The summed E-state index contributed by atoms with van der Waals surface area (Å²) < 4.78 is 0. The highest BCUT2D eigenvalue weighted by molar-refractivity contribution is 5.88. The Kier molecular flexibility index (Phi) is 5.93. The van der Waals surface area contributed by atoms with Gasteiger partial charge in [-0.1, -0.05) is 50.2 Å². The molecule has 5 nitrogen and oxygen atoms in total. The van der Waals surface area contributed by atoms with Crippen LogP contribution in [-0.2, 0) is 9.59 Å². The lowest BCUT2D eigenvalue weighted by Crippen LogP contribution is -2.47. The summed E-state index contributed by atoms with van der Waals surface area (Å²) in [7, 11) is 0. The van der Waals surface area contributed by atoms with Crippen molar-refractivity contribution in [2.45, 2.75) is 32.9 Å². The number of carbonyl (C=O) groups is 2. The van der Waals surface area contributed by atoms with E-state index in [0.717, 1.165) is 16.3 Å². The first-order valence-corrected chi connectivity index (χ1v) is 8.20. The molecule has 2 aromatic rings. The molecule has 2 aromatic carbocycles. The fourth-order valence-electron chi connectivity index (χ4n) is 2.44. The van der Waals surface area contributed by atoms with Crippen LogP contribution in [0.25, 0.3) is 10.8 Å². The molecule has 2 amide bonds. The third-order valence-corrected chi connectivity index (χ3v) is 4.10. The number of hydrogen-bond acceptors (Lipinski definition) is 3. The fraction of sp³-hybridized carbons (Fsp3) is 0.368. The average Bonchev–Trinajstić information content (AvgIpc) is 2.58. The topological polar surface area (TPSA) is 84.2 Å². The van der Waals surface area contributed by atoms with Crippen LogP contribution in [0.4, 0.5) is 0 Å². The van der Waals surface area contributed by atoms with Gasteiger partial charge in [0.15, 0.2) is 0 Å². The second-order valence-corrected chi connectivity index (χ2v) is 6.38. The Bertz CT molecular complexity index is 727. The summed E-state index contributed by atoms with van der Waals surface area (Å²) >= 11 is 0. The van der Waals surface area contributed by atoms with E-state index in [0.29, 0.717) is 0 Å². The van der Waals surface area contributed by atoms with Crippen molar-refractivity contribution in [1.82, 2.24) is 10.6 Å². The quantitative estimate of drug-likeness (QED) is 0.760. The molecule has 0 saturated heterocycles. The van der Waals surface area contributed by atoms with E-state index in [2.05, 4.69) is 22.8 Å². The van der Waals surface area contributed by atoms with Gasteiger partial charge >= 0.3 is 0 Å². The van der Waals surface area contributed by atoms with Crippen LogP contribution < -0.4 is 16.4 Å². The molecule has 0 aliphatic heterocycles. The van der Waals surface area contributed by atoms with Gasteiger partial charge in [0.25, 0.3) is 0 Å². The van der Waals surface area contributed by atoms with E-state index < -0.39 is 6.04 Å². The number of hydrogen-bond donors (Lipinski definition) is 3. The van der Waals surface area contributed by atoms with E-state index in [1.165, 1.54) is 0 Å². The van der Waals surface area contributed by atoms with E-state index in [4.69, 9.17) is 5.73 Å². The SMILES string of the molecule is CC(NC(=O)CNC(=O)[C@@H](N)C(C)C)c1ccc2ccccc2c1. The lowest BCUT2D eigenvalue weighted by atomic mass is 10.0. The third kappa shape index (κ3) is 4.55. The fourth-order valence-corrected chi connectivity index (χ4v) is 2.44. The number of rotatable bonds is 6. The largest absolute Gasteiger partial charge is 0.348 e. The molecule has 0 saturated carbocycles. The molecule has 2 rings (SSSR count). The van der Waals surface area contributed by atoms with E-state index in [1.54, 1.807) is 0 Å². The normalized spacial score (nSPS) is 13.5. The summed E-state index contributed by atoms with van der Waals surface area (Å²) in [5.41, 5.74) is 6.77. The van der Waals surface area contributed by atoms with Crippen molar-refractivity contribution >= 4 is 22.6 Å². The Morgan fingerprint density at radius 2 is 1.71 bits per heavy atom. The highest BCUT2D eigenvalue weighted by atomic mass is 16.2. The minimum Gasteiger partial charge on any atom is -0.348 e. The maximum Gasteiger partial charge on any atom is 0.239 e. The van der Waals surface area contributed by atoms with Crippen LogP contribution in [-0.4, -0.2) is 24.4 Å². The Labute approximate surface area is 142 Å². The number of nitrogens with one attached hydrogen (secondary N) is 2. The minimum absolute atomic E-state index is 0.0320. The van der Waals surface area contributed by atoms with Crippen molar-refractivity contribution in [1.29, 1.82) is 0 Å². The van der Waals surface area contributed by atoms with Crippen molar-refractivity contribution < 1.29 is 9.59 Å². The smallest absolute Gasteiger partial charge is 0.239 e. The monoisotopic (exact) mass is 327 g/mol. The summed E-state index contributed by atoms with van der Waals surface area (Å²) in [6.45, 7) is 5.58. The lowest BCUT2D eigenvalue weighted by Gasteiger charge is -2.17. The van der Waals surface area contributed by atoms with Crippen molar-refractivity contribution in [3.8, 4) is 0 Å². The van der Waals surface area contributed by atoms with E-state index in [9.17, 15) is 9.59 Å². The molecular formula is C19H25N3O2. The maximum absolute atomic E-state index is 12.0. The number of benzene rings is 2. The predicted octanol–water partition coefficient (Wildman–Crippen LogP) is 2.12. The van der Waals surface area contributed by atoms with E-state index >= 15 is 0 Å². The van der Waals surface area contributed by atoms with Crippen LogP contribution in [0.3, 0.4) is 0 Å². The van der Waals surface area contributed by atoms with Crippen molar-refractivity contribution in [2.75, 3.05) is 6.54 Å². The zero-order valence-electron chi connectivity index (χ0n) is 14.4. The molecule has 128 valence electrons. The molecule has 2 atom stereocenters. The Hall–Kier alpha value is -2.40. The van der Waals surface area contributed by atoms with Gasteiger partial charge in [-0.25, -0.2) is 0 Å². The highest BCUT2D eigenvalue weighted by Gasteiger charge is 2.18. The number of amides is 2. The van der Waals surface area contributed by atoms with Crippen LogP contribution in [0.1, 0.15) is 32.4 Å². The molecule has 0 bridgehead atoms. The first kappa shape index (κ1) is 17.9. The van der Waals surface area contributed by atoms with Crippen LogP contribution in [0.2, 0.25) is 0 Å². The Morgan fingerprint density at radius 3 is 2.38 bits per heavy atom. The standard InChI is InChI=1S/C19H25N3O2/c1-12(2)18(20)19(24)21-11-17(23)22-13(3)15-9-8-14-6-4-5-7-16(14)10-15/h4-10,12-13,18H,11,20H2,1-3H3,(H,21,24)(H,22,23)/t13?,18-/m0/s1. The summed E-state index contributed by atoms with van der Waals surface area (Å²) in [4.78, 5) is 23.8. The maximum atomic E-state index is 12.0. The molecule has 4 N–H and O–H groups in total. The van der Waals surface area contributed by atoms with Crippen LogP contribution in [0, 0.1) is 5.92 Å². The van der Waals surface area contributed by atoms with Crippen LogP contribution in [0.5, 0.6) is 0 Å². The van der Waals surface area contributed by atoms with Gasteiger partial charge in [0.05, 0.1) is 18.6 Å². The van der Waals surface area contributed by atoms with Crippen molar-refractivity contribution in [3.05, 3.63) is 48.0 Å². The van der Waals surface area contributed by atoms with Gasteiger partial charge in [0.2, 0.25) is 11.8 Å². The summed E-state index contributed by atoms with van der Waals surface area (Å²) in [6.07, 6.45) is 0. The average molecular weight is 327 g/mol. The van der Waals surface area contributed by atoms with Gasteiger partial charge < -0.3 is 16.4 Å².